The van der Waals surface area contributed by atoms with Gasteiger partial charge in [-0.15, -0.1) is 5.10 Å². The Kier molecular flexibility index (Phi) is 13.0. The van der Waals surface area contributed by atoms with E-state index in [1.54, 1.807) is 54.2 Å². The van der Waals surface area contributed by atoms with Gasteiger partial charge in [-0.05, 0) is 91.8 Å². The molecule has 65 heavy (non-hydrogen) atoms. The summed E-state index contributed by atoms with van der Waals surface area (Å²) in [7, 11) is -2.13. The number of carboxylic acid groups (broad SMARTS) is 1. The molecule has 3 atom stereocenters. The number of fused-ring (bicyclic) bond motifs is 3. The van der Waals surface area contributed by atoms with E-state index in [-0.39, 0.29) is 48.4 Å². The Bertz CT molecular complexity index is 2810. The van der Waals surface area contributed by atoms with Crippen LogP contribution in [0.25, 0.3) is 11.0 Å². The number of anilines is 1. The summed E-state index contributed by atoms with van der Waals surface area (Å²) in [6.45, 7) is 4.90. The number of piperidine rings is 1. The van der Waals surface area contributed by atoms with Gasteiger partial charge < -0.3 is 19.9 Å². The number of aromatic nitrogens is 3. The molecule has 8 rings (SSSR count). The van der Waals surface area contributed by atoms with Crippen LogP contribution in [0.2, 0.25) is 0 Å². The number of nitrogens with zero attached hydrogens (tertiary/aromatic N) is 5. The number of aryl methyl sites for hydroxylation is 2. The third-order valence-corrected chi connectivity index (χ3v) is 14.1. The minimum atomic E-state index is -3.90. The summed E-state index contributed by atoms with van der Waals surface area (Å²) in [6, 6.07) is 19.9. The van der Waals surface area contributed by atoms with Crippen LogP contribution in [0.4, 0.5) is 5.69 Å². The monoisotopic (exact) mass is 905 g/mol. The van der Waals surface area contributed by atoms with Gasteiger partial charge in [-0.25, -0.2) is 13.1 Å². The van der Waals surface area contributed by atoms with E-state index >= 15 is 0 Å². The Labute approximate surface area is 376 Å². The Hall–Kier alpha value is -6.66. The van der Waals surface area contributed by atoms with E-state index in [4.69, 9.17) is 9.47 Å². The van der Waals surface area contributed by atoms with Crippen molar-refractivity contribution in [1.82, 2.24) is 29.5 Å². The number of nitrogens with one attached hydrogen (secondary N) is 2. The molecule has 17 nitrogen and oxygen atoms in total. The molecular weight excluding hydrogens is 855 g/mol. The molecule has 1 saturated heterocycles. The lowest BCUT2D eigenvalue weighted by Gasteiger charge is -2.27. The number of hydrogen-bond acceptors (Lipinski definition) is 12. The molecule has 2 unspecified atom stereocenters. The minimum absolute atomic E-state index is 0.0528. The van der Waals surface area contributed by atoms with Crippen molar-refractivity contribution < 1.29 is 47.0 Å². The smallest absolute Gasteiger partial charge is 0.304 e. The van der Waals surface area contributed by atoms with Crippen LogP contribution in [-0.4, -0.2) is 99.2 Å². The molecule has 0 saturated carbocycles. The van der Waals surface area contributed by atoms with Crippen molar-refractivity contribution in [3.63, 3.8) is 0 Å². The number of aliphatic carboxylic acids is 1. The zero-order valence-electron chi connectivity index (χ0n) is 36.4. The minimum Gasteiger partial charge on any atom is -0.491 e. The predicted octanol–water partition coefficient (Wildman–Crippen LogP) is 5.70. The van der Waals surface area contributed by atoms with E-state index in [0.29, 0.717) is 52.5 Å². The van der Waals surface area contributed by atoms with Crippen molar-refractivity contribution in [2.24, 2.45) is 7.05 Å². The maximum absolute atomic E-state index is 13.9. The van der Waals surface area contributed by atoms with Crippen LogP contribution in [0.5, 0.6) is 11.5 Å². The van der Waals surface area contributed by atoms with E-state index in [9.17, 15) is 37.5 Å². The van der Waals surface area contributed by atoms with Crippen molar-refractivity contribution >= 4 is 56.3 Å². The van der Waals surface area contributed by atoms with Crippen molar-refractivity contribution in [2.75, 3.05) is 25.0 Å². The molecule has 3 aliphatic heterocycles. The average Bonchev–Trinajstić information content (AvgIpc) is 3.74. The maximum Gasteiger partial charge on any atom is 0.304 e. The highest BCUT2D eigenvalue weighted by Gasteiger charge is 2.45. The summed E-state index contributed by atoms with van der Waals surface area (Å²) in [5.74, 6) is -2.94. The molecular formula is C47H51N7O10S. The van der Waals surface area contributed by atoms with Crippen LogP contribution in [0.1, 0.15) is 107 Å². The first-order valence-corrected chi connectivity index (χ1v) is 23.3. The lowest BCUT2D eigenvalue weighted by molar-refractivity contribution is -0.138. The van der Waals surface area contributed by atoms with Crippen molar-refractivity contribution in [3.05, 3.63) is 106 Å². The SMILES string of the molecule is Cc1ccc(C(CC(=O)O)c2cc(OCCCCCCCNc3cccc4c3C(=O)N(C3CCC(=O)NC3=O)C4=O)c3c(c2)nnn3C)cc1CN1C[C@@H](C)Oc2ccccc2S1(=O)=O. The molecule has 0 aliphatic carbocycles. The molecule has 3 aliphatic rings. The molecule has 3 N–H and O–H groups in total. The number of rotatable bonds is 17. The number of unbranched alkanes of at least 4 members (excludes halogenated alkanes) is 4. The predicted molar refractivity (Wildman–Crippen MR) is 238 cm³/mol. The lowest BCUT2D eigenvalue weighted by atomic mass is 9.86. The maximum atomic E-state index is 13.9. The molecule has 1 aromatic heterocycles. The molecule has 18 heteroatoms. The van der Waals surface area contributed by atoms with Crippen molar-refractivity contribution in [3.8, 4) is 11.5 Å². The van der Waals surface area contributed by atoms with Crippen LogP contribution < -0.4 is 20.1 Å². The van der Waals surface area contributed by atoms with Gasteiger partial charge in [0.2, 0.25) is 21.8 Å². The van der Waals surface area contributed by atoms with Gasteiger partial charge in [0.05, 0.1) is 30.7 Å². The van der Waals surface area contributed by atoms with Crippen LogP contribution in [0.15, 0.2) is 77.7 Å². The Morgan fingerprint density at radius 3 is 2.55 bits per heavy atom. The van der Waals surface area contributed by atoms with E-state index in [0.717, 1.165) is 48.1 Å². The first kappa shape index (κ1) is 44.9. The number of carboxylic acids is 1. The van der Waals surface area contributed by atoms with E-state index < -0.39 is 57.7 Å². The Morgan fingerprint density at radius 2 is 1.75 bits per heavy atom. The third kappa shape index (κ3) is 9.31. The number of hydrogen-bond donors (Lipinski definition) is 3. The quantitative estimate of drug-likeness (QED) is 0.0755. The number of para-hydroxylation sites is 1. The van der Waals surface area contributed by atoms with Gasteiger partial charge >= 0.3 is 5.97 Å². The Morgan fingerprint density at radius 1 is 0.969 bits per heavy atom. The highest BCUT2D eigenvalue weighted by Crippen LogP contribution is 2.38. The van der Waals surface area contributed by atoms with E-state index in [1.165, 1.54) is 4.31 Å². The standard InChI is InChI=1S/C47H51N7O10S/c1-28-16-17-30(22-32(28)27-53-26-29(2)64-38-14-7-8-15-40(38)65(53,61)62)34(25-42(56)57)31-23-36-44(52(3)51-50-36)39(24-31)63-21-10-6-4-5-9-20-48-35-13-11-12-33-43(35)47(60)54(46(33)59)37-18-19-41(55)49-45(37)58/h7-8,11-17,22-24,29,34,37,48H,4-6,9-10,18-21,25-27H2,1-3H3,(H,56,57)(H,49,55,58)/t29-,34?,37?/m1/s1. The largest absolute Gasteiger partial charge is 0.491 e. The van der Waals surface area contributed by atoms with Gasteiger partial charge in [-0.3, -0.25) is 34.2 Å². The van der Waals surface area contributed by atoms with Crippen molar-refractivity contribution in [2.45, 2.75) is 94.7 Å². The Balaban J connectivity index is 0.888. The molecule has 0 bridgehead atoms. The van der Waals surface area contributed by atoms with Gasteiger partial charge in [0.1, 0.15) is 39.6 Å². The molecule has 1 fully saturated rings. The van der Waals surface area contributed by atoms with Crippen LogP contribution in [0.3, 0.4) is 0 Å². The lowest BCUT2D eigenvalue weighted by Crippen LogP contribution is -2.54. The third-order valence-electron chi connectivity index (χ3n) is 12.2. The number of carbonyl (C=O) groups excluding carboxylic acids is 4. The fourth-order valence-corrected chi connectivity index (χ4v) is 10.5. The number of benzene rings is 4. The van der Waals surface area contributed by atoms with Gasteiger partial charge in [-0.2, -0.15) is 4.31 Å². The molecule has 4 amide bonds. The zero-order chi connectivity index (χ0) is 46.0. The molecule has 4 aromatic carbocycles. The molecule has 4 heterocycles. The van der Waals surface area contributed by atoms with Crippen LogP contribution in [-0.2, 0) is 38.0 Å². The summed E-state index contributed by atoms with van der Waals surface area (Å²) < 4.78 is 43.1. The normalized spacial score (nSPS) is 18.7. The highest BCUT2D eigenvalue weighted by atomic mass is 32.2. The van der Waals surface area contributed by atoms with Crippen LogP contribution >= 0.6 is 0 Å². The fraction of sp³-hybridized carbons (Fsp3) is 0.383. The second-order valence-corrected chi connectivity index (χ2v) is 18.7. The number of carbonyl (C=O) groups is 5. The summed E-state index contributed by atoms with van der Waals surface area (Å²) in [5, 5.41) is 24.2. The highest BCUT2D eigenvalue weighted by molar-refractivity contribution is 7.89. The van der Waals surface area contributed by atoms with Gasteiger partial charge in [0, 0.05) is 38.2 Å². The number of imide groups is 2. The second kappa shape index (κ2) is 18.8. The second-order valence-electron chi connectivity index (χ2n) is 16.8. The van der Waals surface area contributed by atoms with Crippen LogP contribution in [0, 0.1) is 6.92 Å². The average molecular weight is 906 g/mol. The first-order valence-electron chi connectivity index (χ1n) is 21.8. The topological polar surface area (TPSA) is 219 Å². The molecule has 0 radical (unpaired) electrons. The molecule has 0 spiro atoms. The van der Waals surface area contributed by atoms with E-state index in [1.807, 2.05) is 44.2 Å². The number of amides is 4. The zero-order valence-corrected chi connectivity index (χ0v) is 37.2. The molecule has 340 valence electrons. The van der Waals surface area contributed by atoms with Gasteiger partial charge in [0.25, 0.3) is 11.8 Å². The summed E-state index contributed by atoms with van der Waals surface area (Å²) >= 11 is 0. The number of ether oxygens (including phenoxy) is 2. The van der Waals surface area contributed by atoms with E-state index in [2.05, 4.69) is 20.9 Å². The summed E-state index contributed by atoms with van der Waals surface area (Å²) in [4.78, 5) is 64.2. The van der Waals surface area contributed by atoms with Crippen molar-refractivity contribution in [1.29, 1.82) is 0 Å². The van der Waals surface area contributed by atoms with Gasteiger partial charge in [-0.1, -0.05) is 60.9 Å². The first-order chi connectivity index (χ1) is 31.2. The molecule has 5 aromatic rings. The number of sulfonamides is 1. The fourth-order valence-electron chi connectivity index (χ4n) is 8.87. The van der Waals surface area contributed by atoms with Gasteiger partial charge in [0.15, 0.2) is 0 Å². The summed E-state index contributed by atoms with van der Waals surface area (Å²) in [6.07, 6.45) is 3.74. The summed E-state index contributed by atoms with van der Waals surface area (Å²) in [5.41, 5.74) is 5.21.